The van der Waals surface area contributed by atoms with Crippen LogP contribution in [0.5, 0.6) is 0 Å². The average Bonchev–Trinajstić information content (AvgIpc) is 2.17. The van der Waals surface area contributed by atoms with Gasteiger partial charge in [0, 0.05) is 19.6 Å². The molecule has 7 nitrogen and oxygen atoms in total. The molecule has 0 rings (SSSR count). The molecular formula is C9H23NO6Ti. The summed E-state index contributed by atoms with van der Waals surface area (Å²) in [6.07, 6.45) is -0.113. The Morgan fingerprint density at radius 3 is 1.53 bits per heavy atom. The monoisotopic (exact) mass is 289 g/mol. The molecule has 0 aliphatic heterocycles. The van der Waals surface area contributed by atoms with Gasteiger partial charge in [0.05, 0.1) is 19.8 Å². The summed E-state index contributed by atoms with van der Waals surface area (Å²) in [5.41, 5.74) is 0. The molecule has 0 radical (unpaired) electrons. The van der Waals surface area contributed by atoms with Gasteiger partial charge in [-0.1, -0.05) is 0 Å². The third-order valence-electron chi connectivity index (χ3n) is 1.59. The van der Waals surface area contributed by atoms with E-state index in [0.717, 1.165) is 0 Å². The van der Waals surface area contributed by atoms with Crippen LogP contribution in [0, 0.1) is 0 Å². The van der Waals surface area contributed by atoms with Crippen LogP contribution in [-0.2, 0) is 25.3 Å². The maximum atomic E-state index is 9.84. The van der Waals surface area contributed by atoms with Crippen LogP contribution in [0.15, 0.2) is 0 Å². The van der Waals surface area contributed by atoms with Crippen molar-refractivity contribution in [2.45, 2.75) is 20.0 Å². The number of hydrogen-bond acceptors (Lipinski definition) is 6. The summed E-state index contributed by atoms with van der Waals surface area (Å²) >= 11 is -3.20. The second kappa shape index (κ2) is 14.3. The summed E-state index contributed by atoms with van der Waals surface area (Å²) in [6, 6.07) is 0. The third kappa shape index (κ3) is 18.8. The zero-order valence-corrected chi connectivity index (χ0v) is 11.9. The van der Waals surface area contributed by atoms with Crippen molar-refractivity contribution in [2.75, 3.05) is 39.5 Å². The largest absolute Gasteiger partial charge is 0.395 e. The zero-order chi connectivity index (χ0) is 13.7. The molecule has 0 fully saturated rings. The van der Waals surface area contributed by atoms with Gasteiger partial charge < -0.3 is 15.3 Å². The minimum atomic E-state index is -3.20. The molecule has 8 heteroatoms. The van der Waals surface area contributed by atoms with Gasteiger partial charge in [-0.2, -0.15) is 0 Å². The molecule has 0 saturated carbocycles. The Bertz CT molecular complexity index is 167. The summed E-state index contributed by atoms with van der Waals surface area (Å²) in [7, 11) is 0. The Balaban J connectivity index is 0. The van der Waals surface area contributed by atoms with Crippen LogP contribution in [0.4, 0.5) is 0 Å². The molecule has 0 aliphatic rings. The molecule has 0 bridgehead atoms. The molecule has 0 heterocycles. The second-order valence-corrected chi connectivity index (χ2v) is 4.64. The van der Waals surface area contributed by atoms with Crippen molar-refractivity contribution in [2.24, 2.45) is 0 Å². The van der Waals surface area contributed by atoms with Gasteiger partial charge in [0.2, 0.25) is 0 Å². The Labute approximate surface area is 109 Å². The van der Waals surface area contributed by atoms with Gasteiger partial charge in [0.15, 0.2) is 0 Å². The predicted molar refractivity (Wildman–Crippen MR) is 56.8 cm³/mol. The Hall–Kier alpha value is 0.274. The fraction of sp³-hybridized carbons (Fsp3) is 1.00. The molecule has 0 spiro atoms. The number of aliphatic hydroxyl groups is 3. The maximum absolute atomic E-state index is 9.84. The number of rotatable bonds is 8. The fourth-order valence-electron chi connectivity index (χ4n) is 0.961. The van der Waals surface area contributed by atoms with E-state index >= 15 is 0 Å². The summed E-state index contributed by atoms with van der Waals surface area (Å²) in [6.45, 7) is 5.20. The van der Waals surface area contributed by atoms with Gasteiger partial charge in [-0.3, -0.25) is 4.90 Å². The second-order valence-electron chi connectivity index (χ2n) is 3.44. The van der Waals surface area contributed by atoms with Crippen molar-refractivity contribution in [1.29, 1.82) is 0 Å². The smallest absolute Gasteiger partial charge is 0.0558 e. The van der Waals surface area contributed by atoms with Crippen LogP contribution in [0.2, 0.25) is 0 Å². The van der Waals surface area contributed by atoms with E-state index in [2.05, 4.69) is 3.32 Å². The van der Waals surface area contributed by atoms with E-state index in [9.17, 15) is 3.32 Å². The Morgan fingerprint density at radius 1 is 1.06 bits per heavy atom. The van der Waals surface area contributed by atoms with Crippen LogP contribution in [0.25, 0.3) is 0 Å². The van der Waals surface area contributed by atoms with E-state index < -0.39 is 18.6 Å². The molecule has 104 valence electrons. The molecule has 0 aromatic rings. The predicted octanol–water partition coefficient (Wildman–Crippen LogP) is -1.54. The first-order chi connectivity index (χ1) is 7.97. The minimum Gasteiger partial charge on any atom is -0.395 e. The van der Waals surface area contributed by atoms with Crippen molar-refractivity contribution in [3.8, 4) is 0 Å². The van der Waals surface area contributed by atoms with Crippen LogP contribution in [-0.4, -0.2) is 69.5 Å². The summed E-state index contributed by atoms with van der Waals surface area (Å²) in [5.74, 6) is 0. The van der Waals surface area contributed by atoms with Crippen molar-refractivity contribution >= 4 is 0 Å². The minimum absolute atomic E-state index is 0.0694. The van der Waals surface area contributed by atoms with Gasteiger partial charge in [-0.05, 0) is 0 Å². The molecular weight excluding hydrogens is 266 g/mol. The third-order valence-corrected chi connectivity index (χ3v) is 2.64. The standard InChI is InChI=1S/C6H15NO3.C3H7O.H2O.O.Ti/c8-4-1-7(2-5-9)3-6-10;1-3(2)4;;;/h8-10H,1-6H2;3H,1-2H3;1H2;;/q;-1;;;+2/p-1. The number of aliphatic hydroxyl groups excluding tert-OH is 3. The summed E-state index contributed by atoms with van der Waals surface area (Å²) < 4.78 is 22.4. The first-order valence-electron chi connectivity index (χ1n) is 5.42. The van der Waals surface area contributed by atoms with E-state index in [1.165, 1.54) is 0 Å². The van der Waals surface area contributed by atoms with Crippen molar-refractivity contribution in [3.05, 3.63) is 0 Å². The molecule has 17 heavy (non-hydrogen) atoms. The van der Waals surface area contributed by atoms with Crippen molar-refractivity contribution in [3.63, 3.8) is 0 Å². The van der Waals surface area contributed by atoms with E-state index in [0.29, 0.717) is 19.6 Å². The van der Waals surface area contributed by atoms with Gasteiger partial charge >= 0.3 is 48.9 Å². The van der Waals surface area contributed by atoms with Gasteiger partial charge in [-0.15, -0.1) is 0 Å². The first kappa shape index (κ1) is 19.6. The average molecular weight is 289 g/mol. The fourth-order valence-corrected chi connectivity index (χ4v) is 1.59. The number of hydrogen-bond donors (Lipinski definition) is 4. The van der Waals surface area contributed by atoms with Crippen LogP contribution in [0.1, 0.15) is 13.8 Å². The van der Waals surface area contributed by atoms with Crippen LogP contribution >= 0.6 is 0 Å². The summed E-state index contributed by atoms with van der Waals surface area (Å²) in [5, 5.41) is 25.5. The Morgan fingerprint density at radius 2 is 1.41 bits per heavy atom. The maximum Gasteiger partial charge on any atom is 0.0558 e. The van der Waals surface area contributed by atoms with Gasteiger partial charge in [0.25, 0.3) is 0 Å². The molecule has 0 saturated heterocycles. The van der Waals surface area contributed by atoms with Crippen LogP contribution in [0.3, 0.4) is 0 Å². The zero-order valence-electron chi connectivity index (χ0n) is 10.4. The van der Waals surface area contributed by atoms with E-state index in [1.807, 2.05) is 0 Å². The first-order valence-corrected chi connectivity index (χ1v) is 7.39. The SMILES string of the molecule is CC(C)[O][Ti](=[O])[OH].OCCN(CCO)CCO. The molecule has 0 amide bonds. The molecule has 0 unspecified atom stereocenters. The summed E-state index contributed by atoms with van der Waals surface area (Å²) in [4.78, 5) is 1.79. The molecule has 0 atom stereocenters. The van der Waals surface area contributed by atoms with E-state index in [4.69, 9.17) is 19.0 Å². The van der Waals surface area contributed by atoms with E-state index in [1.54, 1.807) is 18.7 Å². The molecule has 0 aliphatic carbocycles. The normalized spacial score (nSPS) is 10.4. The quantitative estimate of drug-likeness (QED) is 0.401. The topological polar surface area (TPSA) is 110 Å². The van der Waals surface area contributed by atoms with E-state index in [-0.39, 0.29) is 25.9 Å². The van der Waals surface area contributed by atoms with Crippen molar-refractivity contribution < 1.29 is 44.3 Å². The van der Waals surface area contributed by atoms with Gasteiger partial charge in [-0.25, -0.2) is 0 Å². The number of nitrogens with zero attached hydrogens (tertiary/aromatic N) is 1. The molecule has 0 aromatic heterocycles. The molecule has 0 aromatic carbocycles. The Kier molecular flexibility index (Phi) is 16.5. The van der Waals surface area contributed by atoms with Crippen molar-refractivity contribution in [1.82, 2.24) is 4.90 Å². The van der Waals surface area contributed by atoms with Crippen LogP contribution < -0.4 is 0 Å². The van der Waals surface area contributed by atoms with Gasteiger partial charge in [0.1, 0.15) is 0 Å². The molecule has 4 N–H and O–H groups in total.